The highest BCUT2D eigenvalue weighted by atomic mass is 35.5. The van der Waals surface area contributed by atoms with Crippen LogP contribution in [-0.4, -0.2) is 49.8 Å². The lowest BCUT2D eigenvalue weighted by atomic mass is 9.79. The van der Waals surface area contributed by atoms with Crippen LogP contribution in [0.25, 0.3) is 0 Å². The van der Waals surface area contributed by atoms with E-state index in [9.17, 15) is 9.90 Å². The molecule has 1 saturated heterocycles. The van der Waals surface area contributed by atoms with Gasteiger partial charge in [-0.3, -0.25) is 4.79 Å². The van der Waals surface area contributed by atoms with Crippen LogP contribution in [0.15, 0.2) is 18.2 Å². The summed E-state index contributed by atoms with van der Waals surface area (Å²) in [6, 6.07) is 5.08. The van der Waals surface area contributed by atoms with Crippen LogP contribution >= 0.6 is 12.4 Å². The molecule has 1 heterocycles. The Morgan fingerprint density at radius 3 is 2.65 bits per heavy atom. The van der Waals surface area contributed by atoms with Crippen molar-refractivity contribution in [3.8, 4) is 11.5 Å². The third-order valence-corrected chi connectivity index (χ3v) is 4.30. The van der Waals surface area contributed by atoms with E-state index in [-0.39, 0.29) is 24.1 Å². The normalized spacial score (nSPS) is 16.3. The molecule has 1 aromatic rings. The third-order valence-electron chi connectivity index (χ3n) is 4.30. The minimum absolute atomic E-state index is 0. The van der Waals surface area contributed by atoms with Crippen LogP contribution < -0.4 is 10.5 Å². The van der Waals surface area contributed by atoms with Gasteiger partial charge in [-0.2, -0.15) is 0 Å². The first-order valence-corrected chi connectivity index (χ1v) is 7.41. The van der Waals surface area contributed by atoms with Gasteiger partial charge in [0.25, 0.3) is 0 Å². The van der Waals surface area contributed by atoms with Crippen molar-refractivity contribution in [3.05, 3.63) is 23.8 Å². The van der Waals surface area contributed by atoms with Crippen molar-refractivity contribution in [1.29, 1.82) is 0 Å². The molecule has 0 aliphatic carbocycles. The number of benzene rings is 1. The molecule has 130 valence electrons. The Labute approximate surface area is 143 Å². The summed E-state index contributed by atoms with van der Waals surface area (Å²) >= 11 is 0. The fourth-order valence-corrected chi connectivity index (χ4v) is 2.84. The highest BCUT2D eigenvalue weighted by Crippen LogP contribution is 2.32. The summed E-state index contributed by atoms with van der Waals surface area (Å²) in [5, 5.41) is 9.63. The van der Waals surface area contributed by atoms with Crippen LogP contribution in [0.3, 0.4) is 0 Å². The predicted octanol–water partition coefficient (Wildman–Crippen LogP) is 1.54. The highest BCUT2D eigenvalue weighted by Gasteiger charge is 2.40. The summed E-state index contributed by atoms with van der Waals surface area (Å²) in [6.07, 6.45) is 1.32. The Morgan fingerprint density at radius 1 is 1.43 bits per heavy atom. The van der Waals surface area contributed by atoms with Gasteiger partial charge in [-0.25, -0.2) is 0 Å². The number of ether oxygens (including phenoxy) is 2. The van der Waals surface area contributed by atoms with Crippen molar-refractivity contribution in [1.82, 2.24) is 4.90 Å². The number of hydrogen-bond donors (Lipinski definition) is 2. The summed E-state index contributed by atoms with van der Waals surface area (Å²) in [6.45, 7) is 1.92. The highest BCUT2D eigenvalue weighted by molar-refractivity contribution is 5.85. The number of nitrogens with zero attached hydrogens (tertiary/aromatic N) is 1. The first-order valence-electron chi connectivity index (χ1n) is 7.41. The molecule has 1 fully saturated rings. The van der Waals surface area contributed by atoms with Crippen LogP contribution in [0.4, 0.5) is 0 Å². The van der Waals surface area contributed by atoms with Crippen molar-refractivity contribution in [2.24, 2.45) is 11.1 Å². The van der Waals surface area contributed by atoms with E-state index in [0.717, 1.165) is 5.56 Å². The minimum atomic E-state index is -0.520. The Morgan fingerprint density at radius 2 is 2.09 bits per heavy atom. The van der Waals surface area contributed by atoms with Gasteiger partial charge in [0.05, 0.1) is 12.5 Å². The monoisotopic (exact) mass is 344 g/mol. The molecule has 0 aromatic heterocycles. The second-order valence-electron chi connectivity index (χ2n) is 5.76. The van der Waals surface area contributed by atoms with E-state index in [2.05, 4.69) is 0 Å². The van der Waals surface area contributed by atoms with Crippen LogP contribution in [0.1, 0.15) is 18.4 Å². The van der Waals surface area contributed by atoms with Gasteiger partial charge < -0.3 is 25.2 Å². The smallest absolute Gasteiger partial charge is 0.230 e. The number of phenols is 1. The molecular weight excluding hydrogens is 320 g/mol. The van der Waals surface area contributed by atoms with Gasteiger partial charge in [0.2, 0.25) is 5.91 Å². The lowest BCUT2D eigenvalue weighted by molar-refractivity contribution is -0.146. The quantitative estimate of drug-likeness (QED) is 0.846. The van der Waals surface area contributed by atoms with Crippen LogP contribution in [-0.2, 0) is 16.1 Å². The van der Waals surface area contributed by atoms with Gasteiger partial charge in [0, 0.05) is 33.4 Å². The number of aromatic hydroxyl groups is 1. The molecule has 7 heteroatoms. The fourth-order valence-electron chi connectivity index (χ4n) is 2.84. The maximum atomic E-state index is 12.8. The van der Waals surface area contributed by atoms with Crippen molar-refractivity contribution in [2.45, 2.75) is 19.4 Å². The molecule has 0 saturated carbocycles. The van der Waals surface area contributed by atoms with Crippen LogP contribution in [0, 0.1) is 5.41 Å². The molecule has 1 aliphatic heterocycles. The topological polar surface area (TPSA) is 85.0 Å². The maximum absolute atomic E-state index is 12.8. The largest absolute Gasteiger partial charge is 0.504 e. The zero-order chi connectivity index (χ0) is 16.2. The lowest BCUT2D eigenvalue weighted by Gasteiger charge is -2.37. The number of amides is 1. The molecule has 1 amide bonds. The minimum Gasteiger partial charge on any atom is -0.504 e. The number of halogens is 1. The molecule has 3 N–H and O–H groups in total. The number of nitrogens with two attached hydrogens (primary N) is 1. The van der Waals surface area contributed by atoms with E-state index in [1.54, 1.807) is 30.1 Å². The lowest BCUT2D eigenvalue weighted by Crippen LogP contribution is -2.49. The summed E-state index contributed by atoms with van der Waals surface area (Å²) in [5.41, 5.74) is 6.25. The molecule has 0 unspecified atom stereocenters. The molecule has 1 aromatic carbocycles. The van der Waals surface area contributed by atoms with Crippen LogP contribution in [0.2, 0.25) is 0 Å². The average molecular weight is 345 g/mol. The second-order valence-corrected chi connectivity index (χ2v) is 5.76. The van der Waals surface area contributed by atoms with Gasteiger partial charge in [-0.15, -0.1) is 12.4 Å². The Kier molecular flexibility index (Phi) is 7.12. The number of rotatable bonds is 5. The van der Waals surface area contributed by atoms with E-state index in [0.29, 0.717) is 44.9 Å². The molecule has 0 bridgehead atoms. The number of methoxy groups -OCH3 is 1. The molecule has 1 aliphatic rings. The molecule has 0 atom stereocenters. The summed E-state index contributed by atoms with van der Waals surface area (Å²) in [5.74, 6) is 0.534. The Balaban J connectivity index is 0.00000264. The van der Waals surface area contributed by atoms with E-state index in [1.807, 2.05) is 0 Å². The van der Waals surface area contributed by atoms with E-state index in [1.165, 1.54) is 7.11 Å². The fraction of sp³-hybridized carbons (Fsp3) is 0.562. The standard InChI is InChI=1S/C16H24N2O4.ClH/c1-18(10-12-3-4-13(19)14(9-12)21-2)15(20)16(11-17)5-7-22-8-6-16;/h3-4,9,19H,5-8,10-11,17H2,1-2H3;1H. The second kappa shape index (κ2) is 8.38. The van der Waals surface area contributed by atoms with Crippen LogP contribution in [0.5, 0.6) is 11.5 Å². The van der Waals surface area contributed by atoms with Crippen molar-refractivity contribution < 1.29 is 19.4 Å². The molecule has 23 heavy (non-hydrogen) atoms. The summed E-state index contributed by atoms with van der Waals surface area (Å²) in [7, 11) is 3.27. The zero-order valence-corrected chi connectivity index (χ0v) is 14.4. The maximum Gasteiger partial charge on any atom is 0.230 e. The van der Waals surface area contributed by atoms with E-state index in [4.69, 9.17) is 15.2 Å². The van der Waals surface area contributed by atoms with Crippen molar-refractivity contribution in [3.63, 3.8) is 0 Å². The number of carbonyl (C=O) groups excluding carboxylic acids is 1. The first-order chi connectivity index (χ1) is 10.5. The first kappa shape index (κ1) is 19.5. The Hall–Kier alpha value is -1.50. The van der Waals surface area contributed by atoms with Gasteiger partial charge in [0.1, 0.15) is 0 Å². The zero-order valence-electron chi connectivity index (χ0n) is 13.6. The molecule has 2 rings (SSSR count). The Bertz CT molecular complexity index is 533. The molecule has 0 radical (unpaired) electrons. The van der Waals surface area contributed by atoms with Gasteiger partial charge >= 0.3 is 0 Å². The summed E-state index contributed by atoms with van der Waals surface area (Å²) < 4.78 is 10.4. The van der Waals surface area contributed by atoms with Gasteiger partial charge in [-0.1, -0.05) is 6.07 Å². The number of phenolic OH excluding ortho intramolecular Hbond substituents is 1. The molecule has 0 spiro atoms. The van der Waals surface area contributed by atoms with Crippen molar-refractivity contribution >= 4 is 18.3 Å². The average Bonchev–Trinajstić information content (AvgIpc) is 2.56. The van der Waals surface area contributed by atoms with E-state index < -0.39 is 5.41 Å². The number of hydrogen-bond acceptors (Lipinski definition) is 5. The predicted molar refractivity (Wildman–Crippen MR) is 89.9 cm³/mol. The van der Waals surface area contributed by atoms with Gasteiger partial charge in [0.15, 0.2) is 11.5 Å². The SMILES string of the molecule is COc1cc(CN(C)C(=O)C2(CN)CCOCC2)ccc1O.Cl. The van der Waals surface area contributed by atoms with E-state index >= 15 is 0 Å². The molecule has 6 nitrogen and oxygen atoms in total. The number of carbonyl (C=O) groups is 1. The van der Waals surface area contributed by atoms with Gasteiger partial charge in [-0.05, 0) is 30.5 Å². The third kappa shape index (κ3) is 4.28. The molecular formula is C16H25ClN2O4. The summed E-state index contributed by atoms with van der Waals surface area (Å²) in [4.78, 5) is 14.5. The van der Waals surface area contributed by atoms with Crippen molar-refractivity contribution in [2.75, 3.05) is 33.9 Å².